The molecule has 0 bridgehead atoms. The summed E-state index contributed by atoms with van der Waals surface area (Å²) in [6.45, 7) is 3.39. The van der Waals surface area contributed by atoms with Gasteiger partial charge in [0.25, 0.3) is 0 Å². The lowest BCUT2D eigenvalue weighted by Gasteiger charge is -2.17. The highest BCUT2D eigenvalue weighted by Crippen LogP contribution is 2.52. The van der Waals surface area contributed by atoms with Crippen molar-refractivity contribution in [3.63, 3.8) is 0 Å². The Bertz CT molecular complexity index is 1410. The van der Waals surface area contributed by atoms with Crippen molar-refractivity contribution >= 4 is 17.7 Å². The number of nitrogens with zero attached hydrogens (tertiary/aromatic N) is 2. The van der Waals surface area contributed by atoms with E-state index < -0.39 is 17.7 Å². The van der Waals surface area contributed by atoms with Crippen molar-refractivity contribution in [1.29, 1.82) is 0 Å². The summed E-state index contributed by atoms with van der Waals surface area (Å²) in [4.78, 5) is 33.8. The number of ether oxygens (including phenoxy) is 4. The minimum Gasteiger partial charge on any atom is -0.466 e. The smallest absolute Gasteiger partial charge is 0.466 e. The van der Waals surface area contributed by atoms with E-state index in [4.69, 9.17) is 4.74 Å². The van der Waals surface area contributed by atoms with Gasteiger partial charge in [0.15, 0.2) is 18.1 Å². The van der Waals surface area contributed by atoms with E-state index in [1.165, 1.54) is 19.2 Å². The van der Waals surface area contributed by atoms with E-state index in [0.29, 0.717) is 35.5 Å². The number of aryl methyl sites for hydroxylation is 2. The molecule has 0 radical (unpaired) electrons. The largest absolute Gasteiger partial charge is 0.586 e. The Morgan fingerprint density at radius 2 is 1.84 bits per heavy atom. The second kappa shape index (κ2) is 8.99. The first-order valence-electron chi connectivity index (χ1n) is 11.5. The van der Waals surface area contributed by atoms with Crippen LogP contribution in [0, 0.1) is 13.8 Å². The monoisotopic (exact) mass is 511 g/mol. The van der Waals surface area contributed by atoms with Crippen molar-refractivity contribution in [1.82, 2.24) is 9.97 Å². The summed E-state index contributed by atoms with van der Waals surface area (Å²) < 4.78 is 46.0. The third kappa shape index (κ3) is 4.76. The number of carbonyl (C=O) groups is 2. The summed E-state index contributed by atoms with van der Waals surface area (Å²) in [5.41, 5.74) is 2.38. The summed E-state index contributed by atoms with van der Waals surface area (Å²) in [5, 5.41) is 2.85. The molecule has 11 heteroatoms. The average molecular weight is 511 g/mol. The van der Waals surface area contributed by atoms with Crippen molar-refractivity contribution in [3.8, 4) is 28.6 Å². The number of hydrogen-bond acceptors (Lipinski definition) is 8. The predicted octanol–water partition coefficient (Wildman–Crippen LogP) is 4.30. The molecule has 1 amide bonds. The fraction of sp³-hybridized carbons (Fsp3) is 0.308. The van der Waals surface area contributed by atoms with E-state index in [1.54, 1.807) is 24.4 Å². The Labute approximate surface area is 210 Å². The Morgan fingerprint density at radius 1 is 1.08 bits per heavy atom. The maximum Gasteiger partial charge on any atom is 0.586 e. The van der Waals surface area contributed by atoms with Gasteiger partial charge in [0.05, 0.1) is 23.8 Å². The van der Waals surface area contributed by atoms with Crippen LogP contribution in [0.15, 0.2) is 42.6 Å². The molecule has 192 valence electrons. The quantitative estimate of drug-likeness (QED) is 0.468. The lowest BCUT2D eigenvalue weighted by atomic mass is 9.94. The van der Waals surface area contributed by atoms with Gasteiger partial charge in [-0.1, -0.05) is 12.1 Å². The van der Waals surface area contributed by atoms with Crippen molar-refractivity contribution in [2.75, 3.05) is 19.0 Å². The number of methoxy groups -OCH3 is 1. The molecule has 0 atom stereocenters. The minimum absolute atomic E-state index is 0.0770. The molecule has 1 fully saturated rings. The van der Waals surface area contributed by atoms with Crippen LogP contribution in [0.5, 0.6) is 17.4 Å². The van der Waals surface area contributed by atoms with Gasteiger partial charge in [-0.15, -0.1) is 8.78 Å². The SMILES string of the molecule is COC(=O)COc1ncc(C)cc1-c1nc(NC(=O)C2(c3ccc4c(c3)OC(F)(F)O4)CC2)ccc1C. The first-order valence-corrected chi connectivity index (χ1v) is 11.5. The van der Waals surface area contributed by atoms with E-state index in [-0.39, 0.29) is 29.9 Å². The van der Waals surface area contributed by atoms with Crippen LogP contribution < -0.4 is 19.5 Å². The first-order chi connectivity index (χ1) is 17.6. The fourth-order valence-electron chi connectivity index (χ4n) is 4.15. The molecule has 0 saturated heterocycles. The molecule has 0 unspecified atom stereocenters. The van der Waals surface area contributed by atoms with E-state index in [9.17, 15) is 18.4 Å². The second-order valence-electron chi connectivity index (χ2n) is 8.96. The van der Waals surface area contributed by atoms with E-state index >= 15 is 0 Å². The lowest BCUT2D eigenvalue weighted by molar-refractivity contribution is -0.286. The van der Waals surface area contributed by atoms with Gasteiger partial charge in [0, 0.05) is 6.20 Å². The van der Waals surface area contributed by atoms with Crippen LogP contribution in [0.25, 0.3) is 11.3 Å². The zero-order valence-corrected chi connectivity index (χ0v) is 20.3. The normalized spacial score (nSPS) is 16.1. The molecule has 2 aromatic heterocycles. The number of pyridine rings is 2. The van der Waals surface area contributed by atoms with Crippen molar-refractivity contribution in [2.45, 2.75) is 38.4 Å². The first kappa shape index (κ1) is 24.4. The Morgan fingerprint density at radius 3 is 2.57 bits per heavy atom. The number of amides is 1. The van der Waals surface area contributed by atoms with Crippen LogP contribution in [-0.4, -0.2) is 41.9 Å². The number of fused-ring (bicyclic) bond motifs is 1. The number of halogens is 2. The second-order valence-corrected chi connectivity index (χ2v) is 8.96. The van der Waals surface area contributed by atoms with Crippen molar-refractivity contribution < 1.29 is 37.3 Å². The highest BCUT2D eigenvalue weighted by molar-refractivity contribution is 6.01. The summed E-state index contributed by atoms with van der Waals surface area (Å²) in [5.74, 6) is -0.558. The van der Waals surface area contributed by atoms with E-state index in [1.807, 2.05) is 19.9 Å². The number of benzene rings is 1. The van der Waals surface area contributed by atoms with Crippen LogP contribution in [0.3, 0.4) is 0 Å². The van der Waals surface area contributed by atoms with Crippen LogP contribution in [0.2, 0.25) is 0 Å². The fourth-order valence-corrected chi connectivity index (χ4v) is 4.15. The number of nitrogens with one attached hydrogen (secondary N) is 1. The van der Waals surface area contributed by atoms with Gasteiger partial charge >= 0.3 is 12.3 Å². The molecular formula is C26H23F2N3O6. The highest BCUT2D eigenvalue weighted by atomic mass is 19.3. The van der Waals surface area contributed by atoms with Gasteiger partial charge in [-0.3, -0.25) is 4.79 Å². The molecule has 1 aromatic carbocycles. The van der Waals surface area contributed by atoms with E-state index in [2.05, 4.69) is 29.5 Å². The molecule has 1 aliphatic carbocycles. The Kier molecular flexibility index (Phi) is 5.93. The maximum absolute atomic E-state index is 13.4. The topological polar surface area (TPSA) is 109 Å². The van der Waals surface area contributed by atoms with Crippen molar-refractivity contribution in [2.24, 2.45) is 0 Å². The minimum atomic E-state index is -3.73. The number of alkyl halides is 2. The maximum atomic E-state index is 13.4. The Balaban J connectivity index is 1.40. The summed E-state index contributed by atoms with van der Waals surface area (Å²) in [7, 11) is 1.26. The number of aromatic nitrogens is 2. The third-order valence-corrected chi connectivity index (χ3v) is 6.27. The zero-order chi connectivity index (χ0) is 26.4. The standard InChI is InChI=1S/C26H23F2N3O6/c1-14-10-17(23(29-12-14)35-13-21(32)34-3)22-15(2)4-7-20(30-22)31-24(33)25(8-9-25)16-5-6-18-19(11-16)37-26(27,28)36-18/h4-7,10-12H,8-9,13H2,1-3H3,(H,30,31,33). The number of carbonyl (C=O) groups excluding carboxylic acids is 2. The molecule has 1 N–H and O–H groups in total. The van der Waals surface area contributed by atoms with Crippen LogP contribution in [0.1, 0.15) is 29.5 Å². The summed E-state index contributed by atoms with van der Waals surface area (Å²) in [6, 6.07) is 9.68. The molecular weight excluding hydrogens is 488 g/mol. The van der Waals surface area contributed by atoms with E-state index in [0.717, 1.165) is 11.1 Å². The molecule has 9 nitrogen and oxygen atoms in total. The number of anilines is 1. The summed E-state index contributed by atoms with van der Waals surface area (Å²) in [6.07, 6.45) is -1.04. The number of rotatable bonds is 7. The predicted molar refractivity (Wildman–Crippen MR) is 127 cm³/mol. The molecule has 3 heterocycles. The molecule has 3 aromatic rings. The van der Waals surface area contributed by atoms with Gasteiger partial charge in [0.1, 0.15) is 5.82 Å². The van der Waals surface area contributed by atoms with Crippen molar-refractivity contribution in [3.05, 3.63) is 59.3 Å². The number of hydrogen-bond donors (Lipinski definition) is 1. The zero-order valence-electron chi connectivity index (χ0n) is 20.3. The van der Waals surface area contributed by atoms with Gasteiger partial charge < -0.3 is 24.3 Å². The molecule has 37 heavy (non-hydrogen) atoms. The van der Waals surface area contributed by atoms with Gasteiger partial charge in [-0.25, -0.2) is 14.8 Å². The molecule has 0 spiro atoms. The average Bonchev–Trinajstić information content (AvgIpc) is 3.61. The van der Waals surface area contributed by atoms with Gasteiger partial charge in [0.2, 0.25) is 11.8 Å². The lowest BCUT2D eigenvalue weighted by Crippen LogP contribution is -2.28. The van der Waals surface area contributed by atoms with Crippen LogP contribution in [0.4, 0.5) is 14.6 Å². The molecule has 1 aliphatic heterocycles. The van der Waals surface area contributed by atoms with Gasteiger partial charge in [-0.2, -0.15) is 0 Å². The Hall–Kier alpha value is -4.28. The molecule has 5 rings (SSSR count). The number of esters is 1. The highest BCUT2D eigenvalue weighted by Gasteiger charge is 2.53. The van der Waals surface area contributed by atoms with Gasteiger partial charge in [-0.05, 0) is 67.6 Å². The molecule has 1 saturated carbocycles. The van der Waals surface area contributed by atoms with Crippen LogP contribution >= 0.6 is 0 Å². The third-order valence-electron chi connectivity index (χ3n) is 6.27. The van der Waals surface area contributed by atoms with Crippen LogP contribution in [-0.2, 0) is 19.7 Å². The summed E-state index contributed by atoms with van der Waals surface area (Å²) >= 11 is 0. The molecule has 2 aliphatic rings.